The molecular weight excluding hydrogens is 481 g/mol. The molecule has 0 spiro atoms. The first-order valence-electron chi connectivity index (χ1n) is 10.0. The molecule has 1 amide bonds. The van der Waals surface area contributed by atoms with Gasteiger partial charge in [0.15, 0.2) is 0 Å². The Balaban J connectivity index is 0.00000306. The standard InChI is InChI=1S/C21H25NO11.Na.H2O/c1-9-5-16(27)31-15-6-11(3-4-12(9)15)32-21(20(29)30)7-13(25)17(22-10(2)24)19(33-21)18(28)14(26)8-23;;/h3-6,13-14,17-19,23,25-26,28H,7-8H2,1-2H3,(H,22,24)(H,29,30);;1H2/q;+1;/p-1/t13-,14?,17+,18-,19+,21?;;/m0../s1. The van der Waals surface area contributed by atoms with Gasteiger partial charge in [-0.3, -0.25) is 4.79 Å². The van der Waals surface area contributed by atoms with Gasteiger partial charge in [-0.25, -0.2) is 4.79 Å². The van der Waals surface area contributed by atoms with Crippen LogP contribution in [0.3, 0.4) is 0 Å². The van der Waals surface area contributed by atoms with Gasteiger partial charge in [0.1, 0.15) is 35.6 Å². The number of carbonyl (C=O) groups is 2. The maximum Gasteiger partial charge on any atom is 1.00 e. The number of rotatable bonds is 7. The minimum Gasteiger partial charge on any atom is -0.543 e. The summed E-state index contributed by atoms with van der Waals surface area (Å²) >= 11 is 0. The molecule has 3 rings (SSSR count). The number of amides is 1. The molecule has 7 N–H and O–H groups in total. The van der Waals surface area contributed by atoms with E-state index >= 15 is 0 Å². The maximum absolute atomic E-state index is 12.1. The second-order valence-electron chi connectivity index (χ2n) is 7.87. The van der Waals surface area contributed by atoms with Crippen molar-refractivity contribution in [2.75, 3.05) is 6.61 Å². The number of aliphatic hydroxyl groups excluding tert-OH is 4. The zero-order valence-corrected chi connectivity index (χ0v) is 21.3. The first-order chi connectivity index (χ1) is 15.5. The molecule has 1 saturated heterocycles. The van der Waals surface area contributed by atoms with E-state index in [1.54, 1.807) is 6.92 Å². The molecular formula is C21H26NNaO12. The number of nitrogens with one attached hydrogen (secondary N) is 1. The van der Waals surface area contributed by atoms with Crippen molar-refractivity contribution in [2.45, 2.75) is 56.5 Å². The molecule has 0 saturated carbocycles. The summed E-state index contributed by atoms with van der Waals surface area (Å²) in [6.45, 7) is 1.90. The predicted molar refractivity (Wildman–Crippen MR) is 111 cm³/mol. The summed E-state index contributed by atoms with van der Waals surface area (Å²) in [5, 5.41) is 55.1. The Morgan fingerprint density at radius 2 is 1.97 bits per heavy atom. The Morgan fingerprint density at radius 3 is 2.54 bits per heavy atom. The van der Waals surface area contributed by atoms with E-state index in [0.29, 0.717) is 10.9 Å². The van der Waals surface area contributed by atoms with Crippen molar-refractivity contribution >= 4 is 22.8 Å². The Kier molecular flexibility index (Phi) is 10.8. The van der Waals surface area contributed by atoms with Crippen molar-refractivity contribution in [1.29, 1.82) is 0 Å². The van der Waals surface area contributed by atoms with Crippen LogP contribution in [0.15, 0.2) is 33.5 Å². The number of ether oxygens (including phenoxy) is 2. The molecule has 1 aromatic carbocycles. The molecule has 2 unspecified atom stereocenters. The monoisotopic (exact) mass is 507 g/mol. The van der Waals surface area contributed by atoms with E-state index in [4.69, 9.17) is 13.9 Å². The van der Waals surface area contributed by atoms with E-state index in [9.17, 15) is 39.9 Å². The molecule has 13 nitrogen and oxygen atoms in total. The number of carboxylic acid groups (broad SMARTS) is 1. The third-order valence-corrected chi connectivity index (χ3v) is 5.38. The van der Waals surface area contributed by atoms with Crippen LogP contribution in [0.4, 0.5) is 0 Å². The fraction of sp³-hybridized carbons (Fsp3) is 0.476. The summed E-state index contributed by atoms with van der Waals surface area (Å²) < 4.78 is 16.1. The number of benzene rings is 1. The number of carbonyl (C=O) groups excluding carboxylic acids is 2. The number of carboxylic acids is 1. The van der Waals surface area contributed by atoms with Gasteiger partial charge < -0.3 is 55.0 Å². The quantitative estimate of drug-likeness (QED) is 0.175. The predicted octanol–water partition coefficient (Wildman–Crippen LogP) is -6.53. The van der Waals surface area contributed by atoms with Gasteiger partial charge in [0, 0.05) is 30.9 Å². The molecule has 14 heteroatoms. The average Bonchev–Trinajstić information content (AvgIpc) is 2.73. The molecule has 2 heterocycles. The van der Waals surface area contributed by atoms with Crippen LogP contribution in [0, 0.1) is 6.92 Å². The van der Waals surface area contributed by atoms with Crippen molar-refractivity contribution in [3.05, 3.63) is 40.2 Å². The summed E-state index contributed by atoms with van der Waals surface area (Å²) in [6.07, 6.45) is -7.76. The zero-order valence-electron chi connectivity index (χ0n) is 19.3. The third-order valence-electron chi connectivity index (χ3n) is 5.38. The fourth-order valence-corrected chi connectivity index (χ4v) is 3.78. The van der Waals surface area contributed by atoms with Gasteiger partial charge in [0.05, 0.1) is 18.8 Å². The average molecular weight is 507 g/mol. The topological polar surface area (TPSA) is 230 Å². The first-order valence-corrected chi connectivity index (χ1v) is 10.0. The minimum atomic E-state index is -2.66. The zero-order chi connectivity index (χ0) is 24.5. The Hall–Kier alpha value is -2.07. The van der Waals surface area contributed by atoms with Gasteiger partial charge in [-0.1, -0.05) is 0 Å². The van der Waals surface area contributed by atoms with E-state index in [1.807, 2.05) is 0 Å². The maximum atomic E-state index is 12.1. The van der Waals surface area contributed by atoms with Gasteiger partial charge in [0.2, 0.25) is 5.91 Å². The summed E-state index contributed by atoms with van der Waals surface area (Å²) in [6, 6.07) is 4.09. The molecule has 1 aliphatic rings. The van der Waals surface area contributed by atoms with Crippen LogP contribution in [-0.4, -0.2) is 80.6 Å². The fourth-order valence-electron chi connectivity index (χ4n) is 3.78. The normalized spacial score (nSPS) is 25.5. The number of aliphatic carboxylic acids is 1. The van der Waals surface area contributed by atoms with Gasteiger partial charge in [-0.05, 0) is 24.6 Å². The van der Waals surface area contributed by atoms with Crippen LogP contribution < -0.4 is 50.3 Å². The molecule has 2 aromatic rings. The Morgan fingerprint density at radius 1 is 1.31 bits per heavy atom. The molecule has 1 fully saturated rings. The van der Waals surface area contributed by atoms with E-state index < -0.39 is 66.8 Å². The van der Waals surface area contributed by atoms with Crippen LogP contribution in [0.1, 0.15) is 18.9 Å². The van der Waals surface area contributed by atoms with Crippen LogP contribution >= 0.6 is 0 Å². The van der Waals surface area contributed by atoms with E-state index in [0.717, 1.165) is 6.92 Å². The van der Waals surface area contributed by atoms with Crippen LogP contribution in [0.2, 0.25) is 0 Å². The number of hydrogen-bond donors (Lipinski definition) is 5. The number of hydrogen-bond acceptors (Lipinski definition) is 11. The summed E-state index contributed by atoms with van der Waals surface area (Å²) in [4.78, 5) is 35.4. The minimum absolute atomic E-state index is 0. The molecule has 0 radical (unpaired) electrons. The van der Waals surface area contributed by atoms with E-state index in [-0.39, 0.29) is 46.4 Å². The summed E-state index contributed by atoms with van der Waals surface area (Å²) in [7, 11) is 0. The first kappa shape index (κ1) is 31.0. The van der Waals surface area contributed by atoms with Gasteiger partial charge in [0.25, 0.3) is 5.79 Å². The van der Waals surface area contributed by atoms with Gasteiger partial charge in [-0.2, -0.15) is 0 Å². The molecule has 6 atom stereocenters. The molecule has 1 aliphatic heterocycles. The number of aliphatic hydroxyl groups is 4. The summed E-state index contributed by atoms with van der Waals surface area (Å²) in [5.41, 5.74) is 0.0901. The smallest absolute Gasteiger partial charge is 0.543 e. The second kappa shape index (κ2) is 12.3. The van der Waals surface area contributed by atoms with Gasteiger partial charge >= 0.3 is 35.2 Å². The Labute approximate surface area is 220 Å². The Bertz CT molecular complexity index is 1110. The third kappa shape index (κ3) is 6.58. The molecule has 0 bridgehead atoms. The van der Waals surface area contributed by atoms with Crippen molar-refractivity contribution < 1.29 is 84.0 Å². The number of aryl methyl sites for hydroxylation is 1. The summed E-state index contributed by atoms with van der Waals surface area (Å²) in [5.74, 6) is -5.32. The van der Waals surface area contributed by atoms with E-state index in [1.165, 1.54) is 24.3 Å². The van der Waals surface area contributed by atoms with Crippen molar-refractivity contribution in [2.24, 2.45) is 0 Å². The van der Waals surface area contributed by atoms with Gasteiger partial charge in [-0.15, -0.1) is 0 Å². The SMILES string of the molecule is CC(=O)N[C@H]1[C@H]([C@@H](O)C(O)CO)OC(Oc2ccc3c(C)cc(=O)oc3c2)(C(=O)[O-])C[C@@H]1O.O.[Na+]. The van der Waals surface area contributed by atoms with Crippen LogP contribution in [-0.2, 0) is 14.3 Å². The molecule has 35 heavy (non-hydrogen) atoms. The van der Waals surface area contributed by atoms with E-state index in [2.05, 4.69) is 5.32 Å². The van der Waals surface area contributed by atoms with Crippen molar-refractivity contribution in [3.8, 4) is 5.75 Å². The largest absolute Gasteiger partial charge is 1.00 e. The second-order valence-corrected chi connectivity index (χ2v) is 7.87. The molecule has 188 valence electrons. The molecule has 1 aromatic heterocycles. The number of fused-ring (bicyclic) bond motifs is 1. The van der Waals surface area contributed by atoms with Crippen LogP contribution in [0.25, 0.3) is 11.0 Å². The van der Waals surface area contributed by atoms with Crippen molar-refractivity contribution in [1.82, 2.24) is 5.32 Å². The van der Waals surface area contributed by atoms with Crippen molar-refractivity contribution in [3.63, 3.8) is 0 Å². The van der Waals surface area contributed by atoms with Crippen LogP contribution in [0.5, 0.6) is 5.75 Å². The molecule has 0 aliphatic carbocycles.